The van der Waals surface area contributed by atoms with E-state index in [4.69, 9.17) is 33.5 Å². The van der Waals surface area contributed by atoms with E-state index < -0.39 is 11.5 Å². The number of nitrogen functional groups attached to an aromatic ring is 1. The lowest BCUT2D eigenvalue weighted by Crippen LogP contribution is -2.34. The number of pyridine rings is 1. The third-order valence-electron chi connectivity index (χ3n) is 4.02. The fraction of sp³-hybridized carbons (Fsp3) is 0.111. The van der Waals surface area contributed by atoms with Gasteiger partial charge >= 0.3 is 11.3 Å². The number of amides is 1. The number of halogens is 2. The first-order valence-corrected chi connectivity index (χ1v) is 10.1. The van der Waals surface area contributed by atoms with Gasteiger partial charge in [-0.05, 0) is 17.4 Å². The van der Waals surface area contributed by atoms with E-state index in [-0.39, 0.29) is 49.0 Å². The van der Waals surface area contributed by atoms with Crippen LogP contribution in [0.25, 0.3) is 11.3 Å². The Morgan fingerprint density at radius 2 is 2.06 bits per heavy atom. The van der Waals surface area contributed by atoms with Gasteiger partial charge in [0.2, 0.25) is 5.91 Å². The monoisotopic (exact) mass is 476 g/mol. The molecule has 0 unspecified atom stereocenters. The van der Waals surface area contributed by atoms with Gasteiger partial charge in [0.15, 0.2) is 7.05 Å². The Balaban J connectivity index is 1.97. The molecule has 0 saturated heterocycles. The lowest BCUT2D eigenvalue weighted by molar-refractivity contribution is -0.730. The summed E-state index contributed by atoms with van der Waals surface area (Å²) in [5.41, 5.74) is 5.05. The van der Waals surface area contributed by atoms with Crippen molar-refractivity contribution >= 4 is 52.4 Å². The number of rotatable bonds is 5. The van der Waals surface area contributed by atoms with Crippen LogP contribution in [0.15, 0.2) is 32.5 Å². The Hall–Kier alpha value is -3.51. The number of aromatic amines is 1. The highest BCUT2D eigenvalue weighted by molar-refractivity contribution is 8.00. The molecule has 0 radical (unpaired) electrons. The van der Waals surface area contributed by atoms with E-state index in [1.165, 1.54) is 11.7 Å². The summed E-state index contributed by atoms with van der Waals surface area (Å²) in [6, 6.07) is 8.58. The second-order valence-electron chi connectivity index (χ2n) is 5.98. The fourth-order valence-electron chi connectivity index (χ4n) is 2.67. The van der Waals surface area contributed by atoms with E-state index in [0.717, 1.165) is 11.8 Å². The minimum Gasteiger partial charge on any atom is -0.383 e. The zero-order valence-corrected chi connectivity index (χ0v) is 18.0. The summed E-state index contributed by atoms with van der Waals surface area (Å²) >= 11 is 12.9. The number of carbonyl (C=O) groups excluding carboxylic acids is 1. The molecule has 3 aromatic rings. The minimum atomic E-state index is -0.801. The van der Waals surface area contributed by atoms with Crippen LogP contribution in [0.1, 0.15) is 11.1 Å². The maximum absolute atomic E-state index is 12.4. The molecule has 2 heterocycles. The average molecular weight is 477 g/mol. The van der Waals surface area contributed by atoms with Crippen molar-refractivity contribution in [3.05, 3.63) is 49.8 Å². The van der Waals surface area contributed by atoms with Gasteiger partial charge < -0.3 is 11.1 Å². The smallest absolute Gasteiger partial charge is 0.383 e. The van der Waals surface area contributed by atoms with Crippen molar-refractivity contribution in [2.24, 2.45) is 7.05 Å². The predicted octanol–water partition coefficient (Wildman–Crippen LogP) is 2.22. The summed E-state index contributed by atoms with van der Waals surface area (Å²) in [6.07, 6.45) is 0. The van der Waals surface area contributed by atoms with Gasteiger partial charge in [-0.25, -0.2) is 9.78 Å². The van der Waals surface area contributed by atoms with Gasteiger partial charge in [0, 0.05) is 0 Å². The number of nitrogens with two attached hydrogens (primary N) is 1. The van der Waals surface area contributed by atoms with Crippen LogP contribution in [0.2, 0.25) is 10.0 Å². The zero-order valence-electron chi connectivity index (χ0n) is 15.7. The third-order valence-corrected chi connectivity index (χ3v) is 5.82. The molecule has 156 valence electrons. The van der Waals surface area contributed by atoms with Crippen molar-refractivity contribution in [3.63, 3.8) is 0 Å². The van der Waals surface area contributed by atoms with Crippen LogP contribution in [0, 0.1) is 22.7 Å². The van der Waals surface area contributed by atoms with Crippen LogP contribution >= 0.6 is 35.0 Å². The first-order valence-electron chi connectivity index (χ1n) is 8.36. The number of carbonyl (C=O) groups is 1. The first kappa shape index (κ1) is 22.2. The van der Waals surface area contributed by atoms with Gasteiger partial charge in [0.1, 0.15) is 34.1 Å². The van der Waals surface area contributed by atoms with Gasteiger partial charge in [-0.3, -0.25) is 9.32 Å². The number of hydrogen-bond acceptors (Lipinski definition) is 8. The SMILES string of the molecule is C[n+]1[nH]oc(=O)c1-c1c(C#N)c(N)nc(SCC(=O)Nc2cccc(Cl)c2Cl)c1C#N. The summed E-state index contributed by atoms with van der Waals surface area (Å²) in [5, 5.41) is 24.7. The van der Waals surface area contributed by atoms with Crippen molar-refractivity contribution in [2.75, 3.05) is 16.8 Å². The Morgan fingerprint density at radius 3 is 2.68 bits per heavy atom. The Morgan fingerprint density at radius 1 is 1.35 bits per heavy atom. The molecule has 10 nitrogen and oxygen atoms in total. The number of hydrogen-bond donors (Lipinski definition) is 3. The number of nitriles is 2. The minimum absolute atomic E-state index is 0.0317. The highest BCUT2D eigenvalue weighted by Gasteiger charge is 2.31. The van der Waals surface area contributed by atoms with Crippen molar-refractivity contribution in [3.8, 4) is 23.4 Å². The van der Waals surface area contributed by atoms with Crippen LogP contribution < -0.4 is 21.4 Å². The molecule has 4 N–H and O–H groups in total. The second kappa shape index (κ2) is 9.10. The number of nitrogens with one attached hydrogen (secondary N) is 2. The number of aromatic nitrogens is 3. The van der Waals surface area contributed by atoms with Crippen LogP contribution in [0.3, 0.4) is 0 Å². The number of H-pyrrole nitrogens is 1. The molecule has 31 heavy (non-hydrogen) atoms. The van der Waals surface area contributed by atoms with E-state index in [1.807, 2.05) is 12.1 Å². The molecular weight excluding hydrogens is 465 g/mol. The highest BCUT2D eigenvalue weighted by atomic mass is 35.5. The summed E-state index contributed by atoms with van der Waals surface area (Å²) in [6.45, 7) is 0. The Kier molecular flexibility index (Phi) is 6.51. The average Bonchev–Trinajstić information content (AvgIpc) is 3.07. The molecule has 0 fully saturated rings. The predicted molar refractivity (Wildman–Crippen MR) is 113 cm³/mol. The van der Waals surface area contributed by atoms with E-state index in [0.29, 0.717) is 5.69 Å². The molecule has 0 aliphatic heterocycles. The van der Waals surface area contributed by atoms with Crippen molar-refractivity contribution in [2.45, 2.75) is 5.03 Å². The molecule has 3 rings (SSSR count). The lowest BCUT2D eigenvalue weighted by Gasteiger charge is -2.10. The Labute approximate surface area is 189 Å². The molecule has 2 aromatic heterocycles. The highest BCUT2D eigenvalue weighted by Crippen LogP contribution is 2.34. The van der Waals surface area contributed by atoms with Gasteiger partial charge in [0.05, 0.1) is 27.0 Å². The third kappa shape index (κ3) is 4.34. The van der Waals surface area contributed by atoms with Gasteiger partial charge in [-0.2, -0.15) is 10.5 Å². The van der Waals surface area contributed by atoms with Crippen LogP contribution in [-0.2, 0) is 11.8 Å². The van der Waals surface area contributed by atoms with E-state index >= 15 is 0 Å². The number of nitrogens with zero attached hydrogens (tertiary/aromatic N) is 4. The summed E-state index contributed by atoms with van der Waals surface area (Å²) in [5.74, 6) is -0.808. The molecule has 0 aliphatic carbocycles. The quantitative estimate of drug-likeness (QED) is 0.372. The number of thioether (sulfide) groups is 1. The first-order chi connectivity index (χ1) is 14.8. The molecule has 13 heteroatoms. The summed E-state index contributed by atoms with van der Waals surface area (Å²) in [7, 11) is 1.47. The van der Waals surface area contributed by atoms with E-state index in [2.05, 4.69) is 15.6 Å². The molecule has 0 spiro atoms. The topological polar surface area (TPSA) is 165 Å². The number of anilines is 2. The fourth-order valence-corrected chi connectivity index (χ4v) is 3.81. The molecule has 0 bridgehead atoms. The number of benzene rings is 1. The normalized spacial score (nSPS) is 10.4. The lowest BCUT2D eigenvalue weighted by atomic mass is 10.0. The standard InChI is InChI=1S/C18H11Cl2N7O3S/c1-27-15(18(29)30-26-27)13-8(5-21)16(23)25-17(9(13)6-22)31-7-12(28)24-11-4-2-3-10(19)14(11)20/h2-4H,7H2,1H3,(H3-,23,24,25,26,28,29)/p+1. The maximum atomic E-state index is 12.4. The van der Waals surface area contributed by atoms with Crippen LogP contribution in [0.5, 0.6) is 0 Å². The van der Waals surface area contributed by atoms with E-state index in [9.17, 15) is 20.1 Å². The number of aryl methyl sites for hydroxylation is 1. The molecular formula is C18H12Cl2N7O3S+. The molecule has 0 atom stereocenters. The van der Waals surface area contributed by atoms with Crippen molar-refractivity contribution in [1.82, 2.24) is 10.3 Å². The van der Waals surface area contributed by atoms with Crippen LogP contribution in [-0.4, -0.2) is 21.9 Å². The summed E-state index contributed by atoms with van der Waals surface area (Å²) in [4.78, 5) is 28.6. The molecule has 1 aromatic carbocycles. The Bertz CT molecular complexity index is 1340. The maximum Gasteiger partial charge on any atom is 0.435 e. The van der Waals surface area contributed by atoms with Crippen molar-refractivity contribution < 1.29 is 14.0 Å². The van der Waals surface area contributed by atoms with Gasteiger partial charge in [0.25, 0.3) is 0 Å². The van der Waals surface area contributed by atoms with Crippen LogP contribution in [0.4, 0.5) is 11.5 Å². The molecule has 0 aliphatic rings. The zero-order chi connectivity index (χ0) is 22.7. The molecule has 1 amide bonds. The van der Waals surface area contributed by atoms with Crippen molar-refractivity contribution in [1.29, 1.82) is 10.5 Å². The van der Waals surface area contributed by atoms with Gasteiger partial charge in [-0.1, -0.05) is 45.7 Å². The summed E-state index contributed by atoms with van der Waals surface area (Å²) < 4.78 is 5.93. The van der Waals surface area contributed by atoms with E-state index in [1.54, 1.807) is 18.2 Å². The second-order valence-corrected chi connectivity index (χ2v) is 7.73. The van der Waals surface area contributed by atoms with Gasteiger partial charge in [-0.15, -0.1) is 0 Å². The largest absolute Gasteiger partial charge is 0.435 e. The molecule has 0 saturated carbocycles.